The first-order valence-electron chi connectivity index (χ1n) is 5.52. The number of benzene rings is 1. The molecule has 0 amide bonds. The number of hydrogen-bond acceptors (Lipinski definition) is 2. The van der Waals surface area contributed by atoms with Crippen molar-refractivity contribution in [1.29, 1.82) is 0 Å². The van der Waals surface area contributed by atoms with Crippen LogP contribution in [-0.4, -0.2) is 4.98 Å². The second-order valence-corrected chi connectivity index (χ2v) is 5.38. The van der Waals surface area contributed by atoms with Gasteiger partial charge in [0.1, 0.15) is 0 Å². The Morgan fingerprint density at radius 3 is 2.59 bits per heavy atom. The molecule has 88 valence electrons. The molecule has 2 rings (SSSR count). The van der Waals surface area contributed by atoms with E-state index in [1.807, 2.05) is 24.3 Å². The lowest BCUT2D eigenvalue weighted by Crippen LogP contribution is -2.35. The molecular weight excluding hydrogens is 276 g/mol. The fourth-order valence-electron chi connectivity index (χ4n) is 1.87. The minimum atomic E-state index is -0.370. The highest BCUT2D eigenvalue weighted by Gasteiger charge is 2.21. The molecule has 1 unspecified atom stereocenters. The average Bonchev–Trinajstić information content (AvgIpc) is 2.30. The number of pyridine rings is 1. The van der Waals surface area contributed by atoms with Gasteiger partial charge in [0.2, 0.25) is 0 Å². The van der Waals surface area contributed by atoms with Gasteiger partial charge in [0.05, 0.1) is 0 Å². The van der Waals surface area contributed by atoms with Crippen LogP contribution in [0.3, 0.4) is 0 Å². The molecule has 0 bridgehead atoms. The zero-order valence-corrected chi connectivity index (χ0v) is 11.3. The predicted molar refractivity (Wildman–Crippen MR) is 73.6 cm³/mol. The highest BCUT2D eigenvalue weighted by atomic mass is 79.9. The van der Waals surface area contributed by atoms with Crippen molar-refractivity contribution in [3.63, 3.8) is 0 Å². The van der Waals surface area contributed by atoms with Gasteiger partial charge in [-0.2, -0.15) is 0 Å². The molecule has 1 aromatic carbocycles. The van der Waals surface area contributed by atoms with Crippen molar-refractivity contribution >= 4 is 15.9 Å². The third-order valence-corrected chi connectivity index (χ3v) is 3.30. The van der Waals surface area contributed by atoms with Gasteiger partial charge in [-0.25, -0.2) is 0 Å². The number of hydrogen-bond donors (Lipinski definition) is 1. The van der Waals surface area contributed by atoms with Gasteiger partial charge in [-0.1, -0.05) is 28.1 Å². The van der Waals surface area contributed by atoms with Crippen LogP contribution in [0.2, 0.25) is 0 Å². The van der Waals surface area contributed by atoms with Crippen molar-refractivity contribution in [2.24, 2.45) is 5.73 Å². The summed E-state index contributed by atoms with van der Waals surface area (Å²) in [5.74, 6) is 0. The van der Waals surface area contributed by atoms with Gasteiger partial charge in [0.15, 0.2) is 0 Å². The van der Waals surface area contributed by atoms with E-state index >= 15 is 0 Å². The molecule has 0 fully saturated rings. The fraction of sp³-hybridized carbons (Fsp3) is 0.214. The monoisotopic (exact) mass is 290 g/mol. The van der Waals surface area contributed by atoms with E-state index < -0.39 is 0 Å². The molecule has 0 spiro atoms. The molecule has 0 saturated carbocycles. The lowest BCUT2D eigenvalue weighted by Gasteiger charge is -2.25. The van der Waals surface area contributed by atoms with Gasteiger partial charge in [0, 0.05) is 22.4 Å². The van der Waals surface area contributed by atoms with E-state index in [0.717, 1.165) is 16.5 Å². The first kappa shape index (κ1) is 12.3. The quantitative estimate of drug-likeness (QED) is 0.942. The minimum Gasteiger partial charge on any atom is -0.321 e. The smallest absolute Gasteiger partial charge is 0.0422 e. The van der Waals surface area contributed by atoms with Crippen molar-refractivity contribution in [3.05, 3.63) is 64.4 Å². The molecule has 0 saturated heterocycles. The van der Waals surface area contributed by atoms with Crippen molar-refractivity contribution in [2.45, 2.75) is 18.9 Å². The summed E-state index contributed by atoms with van der Waals surface area (Å²) >= 11 is 3.47. The van der Waals surface area contributed by atoms with Crippen molar-refractivity contribution in [2.75, 3.05) is 0 Å². The van der Waals surface area contributed by atoms with Gasteiger partial charge < -0.3 is 5.73 Å². The third-order valence-electron chi connectivity index (χ3n) is 2.80. The van der Waals surface area contributed by atoms with Gasteiger partial charge in [-0.15, -0.1) is 0 Å². The molecule has 2 nitrogen and oxygen atoms in total. The number of nitrogens with zero attached hydrogens (tertiary/aromatic N) is 1. The Bertz CT molecular complexity index is 495. The summed E-state index contributed by atoms with van der Waals surface area (Å²) in [4.78, 5) is 4.01. The molecule has 17 heavy (non-hydrogen) atoms. The van der Waals surface area contributed by atoms with Gasteiger partial charge in [-0.3, -0.25) is 4.98 Å². The van der Waals surface area contributed by atoms with E-state index in [9.17, 15) is 0 Å². The van der Waals surface area contributed by atoms with Crippen LogP contribution in [0.4, 0.5) is 0 Å². The first-order chi connectivity index (χ1) is 8.08. The molecule has 0 aliphatic carbocycles. The molecular formula is C14H15BrN2. The van der Waals surface area contributed by atoms with Crippen LogP contribution in [-0.2, 0) is 12.0 Å². The number of rotatable bonds is 3. The van der Waals surface area contributed by atoms with Crippen LogP contribution in [0.15, 0.2) is 53.3 Å². The zero-order chi connectivity index (χ0) is 12.3. The highest BCUT2D eigenvalue weighted by molar-refractivity contribution is 9.10. The van der Waals surface area contributed by atoms with Crippen LogP contribution >= 0.6 is 15.9 Å². The molecule has 2 N–H and O–H groups in total. The summed E-state index contributed by atoms with van der Waals surface area (Å²) in [6.07, 6.45) is 4.39. The van der Waals surface area contributed by atoms with E-state index in [-0.39, 0.29) is 5.54 Å². The zero-order valence-electron chi connectivity index (χ0n) is 9.73. The molecule has 1 atom stereocenters. The second kappa shape index (κ2) is 4.98. The summed E-state index contributed by atoms with van der Waals surface area (Å²) in [5, 5.41) is 0. The Hall–Kier alpha value is -1.19. The van der Waals surface area contributed by atoms with E-state index in [1.165, 1.54) is 5.56 Å². The lowest BCUT2D eigenvalue weighted by molar-refractivity contribution is 0.491. The van der Waals surface area contributed by atoms with E-state index in [1.54, 1.807) is 12.4 Å². The Labute approximate surface area is 110 Å². The number of aromatic nitrogens is 1. The van der Waals surface area contributed by atoms with E-state index in [2.05, 4.69) is 40.0 Å². The maximum atomic E-state index is 6.40. The molecule has 1 heterocycles. The molecule has 2 aromatic rings. The SMILES string of the molecule is CC(N)(Cc1ccncc1)c1cccc(Br)c1. The van der Waals surface area contributed by atoms with Crippen molar-refractivity contribution < 1.29 is 0 Å². The maximum absolute atomic E-state index is 6.40. The number of nitrogens with two attached hydrogens (primary N) is 1. The van der Waals surface area contributed by atoms with Crippen LogP contribution in [0, 0.1) is 0 Å². The topological polar surface area (TPSA) is 38.9 Å². The standard InChI is InChI=1S/C14H15BrN2/c1-14(16,10-11-5-7-17-8-6-11)12-3-2-4-13(15)9-12/h2-9H,10,16H2,1H3. The molecule has 0 aliphatic heterocycles. The maximum Gasteiger partial charge on any atom is 0.0422 e. The van der Waals surface area contributed by atoms with Crippen LogP contribution in [0.5, 0.6) is 0 Å². The average molecular weight is 291 g/mol. The normalized spacial score (nSPS) is 14.3. The third kappa shape index (κ3) is 3.14. The predicted octanol–water partition coefficient (Wildman–Crippen LogP) is 3.26. The Morgan fingerprint density at radius 1 is 1.24 bits per heavy atom. The second-order valence-electron chi connectivity index (χ2n) is 4.46. The molecule has 0 radical (unpaired) electrons. The largest absolute Gasteiger partial charge is 0.321 e. The Kier molecular flexibility index (Phi) is 3.60. The number of halogens is 1. The Morgan fingerprint density at radius 2 is 1.94 bits per heavy atom. The van der Waals surface area contributed by atoms with Crippen LogP contribution in [0.1, 0.15) is 18.1 Å². The summed E-state index contributed by atoms with van der Waals surface area (Å²) in [6, 6.07) is 12.2. The first-order valence-corrected chi connectivity index (χ1v) is 6.31. The van der Waals surface area contributed by atoms with Crippen molar-refractivity contribution in [3.8, 4) is 0 Å². The van der Waals surface area contributed by atoms with Gasteiger partial charge in [0.25, 0.3) is 0 Å². The van der Waals surface area contributed by atoms with Gasteiger partial charge in [-0.05, 0) is 48.7 Å². The molecule has 0 aliphatic rings. The summed E-state index contributed by atoms with van der Waals surface area (Å²) in [5.41, 5.74) is 8.36. The fourth-order valence-corrected chi connectivity index (χ4v) is 2.27. The summed E-state index contributed by atoms with van der Waals surface area (Å²) < 4.78 is 1.06. The van der Waals surface area contributed by atoms with E-state index in [0.29, 0.717) is 0 Å². The van der Waals surface area contributed by atoms with Crippen LogP contribution < -0.4 is 5.73 Å². The minimum absolute atomic E-state index is 0.370. The highest BCUT2D eigenvalue weighted by Crippen LogP contribution is 2.24. The summed E-state index contributed by atoms with van der Waals surface area (Å²) in [6.45, 7) is 2.05. The summed E-state index contributed by atoms with van der Waals surface area (Å²) in [7, 11) is 0. The van der Waals surface area contributed by atoms with Crippen molar-refractivity contribution in [1.82, 2.24) is 4.98 Å². The Balaban J connectivity index is 2.25. The molecule has 3 heteroatoms. The molecule has 1 aromatic heterocycles. The van der Waals surface area contributed by atoms with Gasteiger partial charge >= 0.3 is 0 Å². The van der Waals surface area contributed by atoms with E-state index in [4.69, 9.17) is 5.73 Å². The van der Waals surface area contributed by atoms with Crippen LogP contribution in [0.25, 0.3) is 0 Å². The lowest BCUT2D eigenvalue weighted by atomic mass is 9.87.